The van der Waals surface area contributed by atoms with E-state index in [1.807, 2.05) is 24.3 Å². The van der Waals surface area contributed by atoms with Crippen molar-refractivity contribution in [3.63, 3.8) is 0 Å². The molecule has 0 bridgehead atoms. The predicted molar refractivity (Wildman–Crippen MR) is 107 cm³/mol. The van der Waals surface area contributed by atoms with Gasteiger partial charge in [0.15, 0.2) is 9.84 Å². The van der Waals surface area contributed by atoms with E-state index in [9.17, 15) is 13.2 Å². The third-order valence-electron chi connectivity index (χ3n) is 4.03. The van der Waals surface area contributed by atoms with Crippen molar-refractivity contribution in [1.82, 2.24) is 4.98 Å². The lowest BCUT2D eigenvalue weighted by molar-refractivity contribution is 0.100. The minimum absolute atomic E-state index is 0.150. The molecule has 2 N–H and O–H groups in total. The van der Waals surface area contributed by atoms with E-state index < -0.39 is 15.7 Å². The number of nitrogens with zero attached hydrogens (tertiary/aromatic N) is 1. The number of hydrogen-bond donors (Lipinski definition) is 1. The number of nitrogens with two attached hydrogens (primary N) is 1. The molecule has 0 aliphatic carbocycles. The number of rotatable bonds is 5. The van der Waals surface area contributed by atoms with Gasteiger partial charge >= 0.3 is 0 Å². The molecule has 27 heavy (non-hydrogen) atoms. The van der Waals surface area contributed by atoms with E-state index >= 15 is 0 Å². The van der Waals surface area contributed by atoms with Crippen LogP contribution in [0.2, 0.25) is 5.02 Å². The lowest BCUT2D eigenvalue weighted by Crippen LogP contribution is -2.12. The summed E-state index contributed by atoms with van der Waals surface area (Å²) in [4.78, 5) is 15.9. The number of primary amides is 1. The van der Waals surface area contributed by atoms with Gasteiger partial charge in [0, 0.05) is 28.6 Å². The Morgan fingerprint density at radius 3 is 2.48 bits per heavy atom. The Bertz CT molecular complexity index is 1110. The van der Waals surface area contributed by atoms with Crippen molar-refractivity contribution in [3.8, 4) is 22.4 Å². The first-order valence-corrected chi connectivity index (χ1v) is 10.5. The summed E-state index contributed by atoms with van der Waals surface area (Å²) in [6.45, 7) is 0. The van der Waals surface area contributed by atoms with E-state index in [1.54, 1.807) is 30.5 Å². The number of aromatic nitrogens is 1. The zero-order chi connectivity index (χ0) is 19.6. The Kier molecular flexibility index (Phi) is 5.30. The quantitative estimate of drug-likeness (QED) is 0.706. The van der Waals surface area contributed by atoms with Gasteiger partial charge in [-0.15, -0.1) is 0 Å². The molecule has 5 nitrogen and oxygen atoms in total. The number of sulfone groups is 1. The number of hydrogen-bond acceptors (Lipinski definition) is 4. The van der Waals surface area contributed by atoms with Crippen LogP contribution in [0.4, 0.5) is 0 Å². The topological polar surface area (TPSA) is 90.1 Å². The van der Waals surface area contributed by atoms with Crippen molar-refractivity contribution in [1.29, 1.82) is 0 Å². The molecule has 138 valence electrons. The van der Waals surface area contributed by atoms with Crippen molar-refractivity contribution in [2.24, 2.45) is 5.73 Å². The fourth-order valence-corrected chi connectivity index (χ4v) is 3.85. The Morgan fingerprint density at radius 2 is 1.85 bits per heavy atom. The highest BCUT2D eigenvalue weighted by Gasteiger charge is 2.15. The first-order chi connectivity index (χ1) is 12.7. The SMILES string of the molecule is CS(=O)(=O)Cc1ccc(C(N)=O)cc1-c1ccc(Cl)c(-c2ccccn2)c1. The summed E-state index contributed by atoms with van der Waals surface area (Å²) in [5.74, 6) is -0.732. The Hall–Kier alpha value is -2.70. The molecule has 1 heterocycles. The van der Waals surface area contributed by atoms with Crippen LogP contribution < -0.4 is 5.73 Å². The number of halogens is 1. The molecule has 0 aliphatic heterocycles. The Morgan fingerprint density at radius 1 is 1.07 bits per heavy atom. The second-order valence-corrected chi connectivity index (χ2v) is 8.76. The van der Waals surface area contributed by atoms with Crippen molar-refractivity contribution in [2.75, 3.05) is 6.26 Å². The van der Waals surface area contributed by atoms with Gasteiger partial charge in [-0.3, -0.25) is 9.78 Å². The van der Waals surface area contributed by atoms with Crippen LogP contribution in [0.5, 0.6) is 0 Å². The molecule has 0 spiro atoms. The zero-order valence-electron chi connectivity index (χ0n) is 14.5. The van der Waals surface area contributed by atoms with Gasteiger partial charge in [-0.05, 0) is 53.1 Å². The molecular formula is C20H17ClN2O3S. The maximum absolute atomic E-state index is 11.8. The molecule has 3 aromatic rings. The minimum atomic E-state index is -3.27. The largest absolute Gasteiger partial charge is 0.366 e. The fourth-order valence-electron chi connectivity index (χ4n) is 2.82. The van der Waals surface area contributed by atoms with E-state index in [0.29, 0.717) is 33.0 Å². The van der Waals surface area contributed by atoms with Crippen LogP contribution in [0.25, 0.3) is 22.4 Å². The summed E-state index contributed by atoms with van der Waals surface area (Å²) in [7, 11) is -3.27. The summed E-state index contributed by atoms with van der Waals surface area (Å²) in [5.41, 5.74) is 9.02. The summed E-state index contributed by atoms with van der Waals surface area (Å²) < 4.78 is 23.6. The maximum Gasteiger partial charge on any atom is 0.248 e. The molecule has 3 rings (SSSR count). The Labute approximate surface area is 162 Å². The molecule has 0 aliphatic rings. The molecule has 7 heteroatoms. The lowest BCUT2D eigenvalue weighted by Gasteiger charge is -2.13. The minimum Gasteiger partial charge on any atom is -0.366 e. The van der Waals surface area contributed by atoms with Crippen molar-refractivity contribution < 1.29 is 13.2 Å². The van der Waals surface area contributed by atoms with E-state index in [1.165, 1.54) is 12.3 Å². The van der Waals surface area contributed by atoms with Gasteiger partial charge in [-0.1, -0.05) is 29.8 Å². The second-order valence-electron chi connectivity index (χ2n) is 6.22. The smallest absolute Gasteiger partial charge is 0.248 e. The van der Waals surface area contributed by atoms with E-state index in [4.69, 9.17) is 17.3 Å². The van der Waals surface area contributed by atoms with E-state index in [-0.39, 0.29) is 5.75 Å². The number of benzene rings is 2. The number of carbonyl (C=O) groups is 1. The Balaban J connectivity index is 2.20. The fraction of sp³-hybridized carbons (Fsp3) is 0.100. The third-order valence-corrected chi connectivity index (χ3v) is 5.20. The van der Waals surface area contributed by atoms with Crippen LogP contribution >= 0.6 is 11.6 Å². The van der Waals surface area contributed by atoms with Gasteiger partial charge in [0.2, 0.25) is 5.91 Å². The van der Waals surface area contributed by atoms with Gasteiger partial charge in [0.1, 0.15) is 0 Å². The molecule has 0 saturated carbocycles. The van der Waals surface area contributed by atoms with E-state index in [2.05, 4.69) is 4.98 Å². The number of amides is 1. The van der Waals surface area contributed by atoms with Crippen LogP contribution in [0, 0.1) is 0 Å². The van der Waals surface area contributed by atoms with Gasteiger partial charge in [-0.2, -0.15) is 0 Å². The summed E-state index contributed by atoms with van der Waals surface area (Å²) >= 11 is 6.34. The summed E-state index contributed by atoms with van der Waals surface area (Å²) in [6.07, 6.45) is 2.83. The average molecular weight is 401 g/mol. The third kappa shape index (κ3) is 4.53. The first-order valence-electron chi connectivity index (χ1n) is 8.06. The highest BCUT2D eigenvalue weighted by Crippen LogP contribution is 2.34. The lowest BCUT2D eigenvalue weighted by atomic mass is 9.95. The highest BCUT2D eigenvalue weighted by atomic mass is 35.5. The molecule has 0 atom stereocenters. The van der Waals surface area contributed by atoms with Crippen LogP contribution in [-0.4, -0.2) is 25.6 Å². The van der Waals surface area contributed by atoms with Crippen LogP contribution in [-0.2, 0) is 15.6 Å². The first kappa shape index (κ1) is 19.1. The average Bonchev–Trinajstić information content (AvgIpc) is 2.62. The zero-order valence-corrected chi connectivity index (χ0v) is 16.1. The molecule has 0 saturated heterocycles. The molecular weight excluding hydrogens is 384 g/mol. The normalized spacial score (nSPS) is 11.3. The van der Waals surface area contributed by atoms with Gasteiger partial charge in [0.25, 0.3) is 0 Å². The molecule has 0 fully saturated rings. The molecule has 1 aromatic heterocycles. The molecule has 0 unspecified atom stereocenters. The van der Waals surface area contributed by atoms with Gasteiger partial charge in [0.05, 0.1) is 11.4 Å². The standard InChI is InChI=1S/C20H17ClN2O3S/c1-27(25,26)12-15-6-5-14(20(22)24)11-16(15)13-7-8-18(21)17(10-13)19-4-2-3-9-23-19/h2-11H,12H2,1H3,(H2,22,24). The number of carbonyl (C=O) groups excluding carboxylic acids is 1. The second kappa shape index (κ2) is 7.50. The van der Waals surface area contributed by atoms with Crippen molar-refractivity contribution in [2.45, 2.75) is 5.75 Å². The monoisotopic (exact) mass is 400 g/mol. The van der Waals surface area contributed by atoms with E-state index in [0.717, 1.165) is 5.56 Å². The molecule has 2 aromatic carbocycles. The highest BCUT2D eigenvalue weighted by molar-refractivity contribution is 7.89. The van der Waals surface area contributed by atoms with Crippen molar-refractivity contribution >= 4 is 27.3 Å². The van der Waals surface area contributed by atoms with Gasteiger partial charge in [-0.25, -0.2) is 8.42 Å². The van der Waals surface area contributed by atoms with Crippen molar-refractivity contribution in [3.05, 3.63) is 76.9 Å². The van der Waals surface area contributed by atoms with Crippen LogP contribution in [0.1, 0.15) is 15.9 Å². The van der Waals surface area contributed by atoms with Crippen LogP contribution in [0.3, 0.4) is 0 Å². The molecule has 1 amide bonds. The van der Waals surface area contributed by atoms with Crippen LogP contribution in [0.15, 0.2) is 60.8 Å². The summed E-state index contributed by atoms with van der Waals surface area (Å²) in [5, 5.41) is 0.521. The maximum atomic E-state index is 11.8. The predicted octanol–water partition coefficient (Wildman–Crippen LogP) is 3.71. The molecule has 0 radical (unpaired) electrons. The van der Waals surface area contributed by atoms with Gasteiger partial charge < -0.3 is 5.73 Å². The summed E-state index contributed by atoms with van der Waals surface area (Å²) in [6, 6.07) is 15.6. The number of pyridine rings is 1.